The molecule has 0 saturated heterocycles. The van der Waals surface area contributed by atoms with Crippen molar-refractivity contribution in [2.75, 3.05) is 19.8 Å². The van der Waals surface area contributed by atoms with Crippen molar-refractivity contribution in [2.24, 2.45) is 0 Å². The molecule has 8 heteroatoms. The third-order valence-electron chi connectivity index (χ3n) is 1.77. The van der Waals surface area contributed by atoms with Crippen molar-refractivity contribution in [2.45, 2.75) is 25.3 Å². The topological polar surface area (TPSA) is 95.9 Å². The molecule has 0 aliphatic rings. The molecule has 1 amide bonds. The number of aliphatic hydroxyl groups is 1. The zero-order chi connectivity index (χ0) is 13.3. The summed E-state index contributed by atoms with van der Waals surface area (Å²) in [5.41, 5.74) is 0. The second-order valence-corrected chi connectivity index (χ2v) is 3.19. The highest BCUT2D eigenvalue weighted by Gasteiger charge is 2.18. The summed E-state index contributed by atoms with van der Waals surface area (Å²) in [7, 11) is 0. The maximum absolute atomic E-state index is 11.6. The van der Waals surface area contributed by atoms with E-state index in [0.717, 1.165) is 0 Å². The van der Waals surface area contributed by atoms with E-state index in [1.165, 1.54) is 0 Å². The monoisotopic (exact) mass is 255 g/mol. The molecule has 0 aliphatic carbocycles. The van der Waals surface area contributed by atoms with E-state index >= 15 is 0 Å². The van der Waals surface area contributed by atoms with Gasteiger partial charge in [-0.25, -0.2) is 13.6 Å². The van der Waals surface area contributed by atoms with Crippen molar-refractivity contribution in [3.05, 3.63) is 0 Å². The lowest BCUT2D eigenvalue weighted by Gasteiger charge is -2.13. The summed E-state index contributed by atoms with van der Waals surface area (Å²) in [6.45, 7) is -1.34. The lowest BCUT2D eigenvalue weighted by molar-refractivity contribution is -0.142. The molecule has 0 aromatic rings. The van der Waals surface area contributed by atoms with Crippen molar-refractivity contribution in [1.29, 1.82) is 0 Å². The van der Waals surface area contributed by atoms with Crippen LogP contribution >= 0.6 is 0 Å². The van der Waals surface area contributed by atoms with Gasteiger partial charge in [0.25, 0.3) is 6.43 Å². The molecule has 6 nitrogen and oxygen atoms in total. The summed E-state index contributed by atoms with van der Waals surface area (Å²) in [4.78, 5) is 21.7. The first-order valence-corrected chi connectivity index (χ1v) is 4.96. The summed E-state index contributed by atoms with van der Waals surface area (Å²) in [5, 5.41) is 19.3. The molecule has 0 spiro atoms. The summed E-state index contributed by atoms with van der Waals surface area (Å²) in [6.07, 6.45) is -2.92. The Balaban J connectivity index is 3.78. The molecule has 0 rings (SSSR count). The van der Waals surface area contributed by atoms with E-state index in [-0.39, 0.29) is 26.1 Å². The van der Waals surface area contributed by atoms with Crippen LogP contribution in [0.3, 0.4) is 0 Å². The minimum absolute atomic E-state index is 0.112. The van der Waals surface area contributed by atoms with Crippen LogP contribution in [0.4, 0.5) is 8.78 Å². The molecular weight excluding hydrogens is 240 g/mol. The van der Waals surface area contributed by atoms with Crippen LogP contribution in [0.25, 0.3) is 0 Å². The molecule has 0 aliphatic heterocycles. The maximum atomic E-state index is 11.6. The van der Waals surface area contributed by atoms with Gasteiger partial charge in [-0.1, -0.05) is 0 Å². The van der Waals surface area contributed by atoms with Crippen molar-refractivity contribution in [3.8, 4) is 0 Å². The summed E-state index contributed by atoms with van der Waals surface area (Å²) >= 11 is 0. The Morgan fingerprint density at radius 3 is 2.47 bits per heavy atom. The van der Waals surface area contributed by atoms with Crippen LogP contribution < -0.4 is 5.32 Å². The zero-order valence-electron chi connectivity index (χ0n) is 9.07. The van der Waals surface area contributed by atoms with E-state index < -0.39 is 31.0 Å². The van der Waals surface area contributed by atoms with Gasteiger partial charge in [-0.05, 0) is 0 Å². The number of alkyl halides is 2. The highest BCUT2D eigenvalue weighted by Crippen LogP contribution is 1.95. The number of halogens is 2. The van der Waals surface area contributed by atoms with Crippen LogP contribution in [0.15, 0.2) is 0 Å². The number of carboxylic acids is 1. The number of ether oxygens (including phenoxy) is 1. The highest BCUT2D eigenvalue weighted by molar-refractivity contribution is 5.83. The van der Waals surface area contributed by atoms with Gasteiger partial charge in [0, 0.05) is 19.4 Å². The third-order valence-corrected chi connectivity index (χ3v) is 1.77. The standard InChI is InChI=1S/C9H15F2NO5/c10-7(11)5-17-4-2-8(14)12-6(1-3-13)9(15)16/h6-7,13H,1-5H2,(H,12,14)(H,15,16)/t6-/m0/s1. The molecule has 0 aromatic heterocycles. The number of amides is 1. The van der Waals surface area contributed by atoms with Gasteiger partial charge in [0.2, 0.25) is 5.91 Å². The predicted octanol–water partition coefficient (Wildman–Crippen LogP) is -0.390. The van der Waals surface area contributed by atoms with Gasteiger partial charge in [0.1, 0.15) is 12.6 Å². The molecule has 0 heterocycles. The quantitative estimate of drug-likeness (QED) is 0.488. The second kappa shape index (κ2) is 8.82. The number of nitrogens with one attached hydrogen (secondary N) is 1. The first-order valence-electron chi connectivity index (χ1n) is 4.96. The molecule has 0 saturated carbocycles. The lowest BCUT2D eigenvalue weighted by atomic mass is 10.2. The third kappa shape index (κ3) is 8.52. The molecule has 0 aromatic carbocycles. The van der Waals surface area contributed by atoms with E-state index in [9.17, 15) is 18.4 Å². The lowest BCUT2D eigenvalue weighted by Crippen LogP contribution is -2.41. The van der Waals surface area contributed by atoms with Gasteiger partial charge in [-0.2, -0.15) is 0 Å². The number of carboxylic acid groups (broad SMARTS) is 1. The number of rotatable bonds is 9. The number of carbonyl (C=O) groups excluding carboxylic acids is 1. The van der Waals surface area contributed by atoms with E-state index in [2.05, 4.69) is 10.1 Å². The normalized spacial score (nSPS) is 12.5. The van der Waals surface area contributed by atoms with Crippen LogP contribution in [0.1, 0.15) is 12.8 Å². The molecule has 0 radical (unpaired) electrons. The second-order valence-electron chi connectivity index (χ2n) is 3.19. The van der Waals surface area contributed by atoms with Gasteiger partial charge >= 0.3 is 5.97 Å². The first-order chi connectivity index (χ1) is 7.97. The van der Waals surface area contributed by atoms with E-state index in [1.54, 1.807) is 0 Å². The van der Waals surface area contributed by atoms with Crippen LogP contribution in [0.5, 0.6) is 0 Å². The number of carbonyl (C=O) groups is 2. The number of aliphatic hydroxyl groups excluding tert-OH is 1. The minimum atomic E-state index is -2.60. The Bertz CT molecular complexity index is 250. The largest absolute Gasteiger partial charge is 0.480 e. The Morgan fingerprint density at radius 2 is 2.00 bits per heavy atom. The first kappa shape index (κ1) is 15.7. The van der Waals surface area contributed by atoms with Crippen LogP contribution in [0, 0.1) is 0 Å². The van der Waals surface area contributed by atoms with Gasteiger partial charge in [0.15, 0.2) is 0 Å². The van der Waals surface area contributed by atoms with Crippen molar-refractivity contribution in [3.63, 3.8) is 0 Å². The van der Waals surface area contributed by atoms with Gasteiger partial charge in [0.05, 0.1) is 6.61 Å². The van der Waals surface area contributed by atoms with Crippen molar-refractivity contribution >= 4 is 11.9 Å². The maximum Gasteiger partial charge on any atom is 0.326 e. The summed E-state index contributed by atoms with van der Waals surface area (Å²) in [6, 6.07) is -1.18. The molecular formula is C9H15F2NO5. The number of hydrogen-bond acceptors (Lipinski definition) is 4. The fourth-order valence-corrected chi connectivity index (χ4v) is 0.990. The molecule has 0 unspecified atom stereocenters. The van der Waals surface area contributed by atoms with Crippen molar-refractivity contribution in [1.82, 2.24) is 5.32 Å². The summed E-state index contributed by atoms with van der Waals surface area (Å²) in [5.74, 6) is -1.89. The molecule has 100 valence electrons. The van der Waals surface area contributed by atoms with E-state index in [0.29, 0.717) is 0 Å². The molecule has 1 atom stereocenters. The van der Waals surface area contributed by atoms with Gasteiger partial charge in [-0.3, -0.25) is 4.79 Å². The zero-order valence-corrected chi connectivity index (χ0v) is 9.07. The molecule has 17 heavy (non-hydrogen) atoms. The Morgan fingerprint density at radius 1 is 1.35 bits per heavy atom. The number of aliphatic carboxylic acids is 1. The Labute approximate surface area is 96.6 Å². The minimum Gasteiger partial charge on any atom is -0.480 e. The van der Waals surface area contributed by atoms with Crippen molar-refractivity contribution < 1.29 is 33.3 Å². The van der Waals surface area contributed by atoms with Crippen LogP contribution in [-0.4, -0.2) is 54.4 Å². The fraction of sp³-hybridized carbons (Fsp3) is 0.778. The average Bonchev–Trinajstić information content (AvgIpc) is 2.23. The van der Waals surface area contributed by atoms with Crippen LogP contribution in [-0.2, 0) is 14.3 Å². The predicted molar refractivity (Wildman–Crippen MR) is 52.7 cm³/mol. The van der Waals surface area contributed by atoms with Gasteiger partial charge in [-0.15, -0.1) is 0 Å². The average molecular weight is 255 g/mol. The summed E-state index contributed by atoms with van der Waals surface area (Å²) < 4.78 is 27.7. The highest BCUT2D eigenvalue weighted by atomic mass is 19.3. The van der Waals surface area contributed by atoms with E-state index in [1.807, 2.05) is 0 Å². The fourth-order valence-electron chi connectivity index (χ4n) is 0.990. The smallest absolute Gasteiger partial charge is 0.326 e. The van der Waals surface area contributed by atoms with Crippen LogP contribution in [0.2, 0.25) is 0 Å². The van der Waals surface area contributed by atoms with Gasteiger partial charge < -0.3 is 20.3 Å². The molecule has 3 N–H and O–H groups in total. The van der Waals surface area contributed by atoms with E-state index in [4.69, 9.17) is 10.2 Å². The SMILES string of the molecule is O=C(CCOCC(F)F)N[C@@H](CCO)C(=O)O. The molecule has 0 bridgehead atoms. The molecule has 0 fully saturated rings. The Kier molecular flexibility index (Phi) is 8.16. The Hall–Kier alpha value is -1.28. The number of hydrogen-bond donors (Lipinski definition) is 3.